The highest BCUT2D eigenvalue weighted by Gasteiger charge is 2.16. The van der Waals surface area contributed by atoms with Crippen LogP contribution in [0.3, 0.4) is 0 Å². The van der Waals surface area contributed by atoms with E-state index in [0.29, 0.717) is 23.5 Å². The molecule has 1 aromatic heterocycles. The van der Waals surface area contributed by atoms with Crippen LogP contribution in [-0.2, 0) is 11.3 Å². The Hall–Kier alpha value is -3.03. The highest BCUT2D eigenvalue weighted by atomic mass is 16.5. The van der Waals surface area contributed by atoms with Crippen molar-refractivity contribution < 1.29 is 14.3 Å². The maximum atomic E-state index is 11.9. The van der Waals surface area contributed by atoms with Crippen LogP contribution in [-0.4, -0.2) is 28.6 Å². The van der Waals surface area contributed by atoms with Crippen molar-refractivity contribution in [3.05, 3.63) is 35.5 Å². The van der Waals surface area contributed by atoms with Crippen molar-refractivity contribution in [3.63, 3.8) is 0 Å². The van der Waals surface area contributed by atoms with E-state index in [1.807, 2.05) is 6.07 Å². The van der Waals surface area contributed by atoms with Crippen LogP contribution in [0.1, 0.15) is 15.9 Å². The molecule has 2 aromatic rings. The highest BCUT2D eigenvalue weighted by Crippen LogP contribution is 2.28. The van der Waals surface area contributed by atoms with Crippen molar-refractivity contribution in [2.45, 2.75) is 6.54 Å². The standard InChI is InChI=1S/C13H13N5O3/c14-12-8(5-16-18-12)13(20)15-4-7-1-2-10-9(3-7)17-11(19)6-21-10/h1-3,5H,4,6H2,(H,15,20)(H,17,19)(H3,14,16,18). The number of amides is 2. The van der Waals surface area contributed by atoms with E-state index in [-0.39, 0.29) is 24.2 Å². The van der Waals surface area contributed by atoms with Gasteiger partial charge in [-0.1, -0.05) is 6.07 Å². The van der Waals surface area contributed by atoms with Gasteiger partial charge in [-0.25, -0.2) is 0 Å². The van der Waals surface area contributed by atoms with Gasteiger partial charge in [0.05, 0.1) is 5.69 Å². The van der Waals surface area contributed by atoms with E-state index in [1.54, 1.807) is 12.1 Å². The van der Waals surface area contributed by atoms with E-state index >= 15 is 0 Å². The average Bonchev–Trinajstić information content (AvgIpc) is 2.90. The topological polar surface area (TPSA) is 122 Å². The molecule has 21 heavy (non-hydrogen) atoms. The molecule has 0 spiro atoms. The molecule has 0 radical (unpaired) electrons. The minimum absolute atomic E-state index is 0.0167. The van der Waals surface area contributed by atoms with E-state index in [9.17, 15) is 9.59 Å². The van der Waals surface area contributed by atoms with Gasteiger partial charge in [-0.2, -0.15) is 5.10 Å². The number of carbonyl (C=O) groups is 2. The van der Waals surface area contributed by atoms with Crippen molar-refractivity contribution >= 4 is 23.3 Å². The zero-order valence-corrected chi connectivity index (χ0v) is 11.0. The second kappa shape index (κ2) is 5.16. The Morgan fingerprint density at radius 2 is 2.33 bits per heavy atom. The van der Waals surface area contributed by atoms with Crippen LogP contribution in [0.25, 0.3) is 0 Å². The number of aromatic nitrogens is 2. The predicted molar refractivity (Wildman–Crippen MR) is 74.7 cm³/mol. The van der Waals surface area contributed by atoms with Crippen molar-refractivity contribution in [1.29, 1.82) is 0 Å². The fourth-order valence-corrected chi connectivity index (χ4v) is 2.00. The van der Waals surface area contributed by atoms with Gasteiger partial charge in [-0.3, -0.25) is 14.7 Å². The van der Waals surface area contributed by atoms with Crippen LogP contribution in [0.2, 0.25) is 0 Å². The number of anilines is 2. The number of H-pyrrole nitrogens is 1. The summed E-state index contributed by atoms with van der Waals surface area (Å²) in [6.07, 6.45) is 1.44. The molecule has 5 N–H and O–H groups in total. The number of hydrogen-bond acceptors (Lipinski definition) is 5. The Morgan fingerprint density at radius 3 is 3.10 bits per heavy atom. The summed E-state index contributed by atoms with van der Waals surface area (Å²) in [4.78, 5) is 23.2. The van der Waals surface area contributed by atoms with E-state index in [2.05, 4.69) is 20.8 Å². The zero-order valence-electron chi connectivity index (χ0n) is 11.0. The summed E-state index contributed by atoms with van der Waals surface area (Å²) in [6.45, 7) is 0.315. The minimum atomic E-state index is -0.320. The smallest absolute Gasteiger partial charge is 0.262 e. The number of fused-ring (bicyclic) bond motifs is 1. The maximum Gasteiger partial charge on any atom is 0.262 e. The fourth-order valence-electron chi connectivity index (χ4n) is 2.00. The van der Waals surface area contributed by atoms with Crippen LogP contribution in [0.4, 0.5) is 11.5 Å². The molecule has 1 aliphatic heterocycles. The number of ether oxygens (including phenoxy) is 1. The molecule has 2 heterocycles. The summed E-state index contributed by atoms with van der Waals surface area (Å²) >= 11 is 0. The molecule has 8 nitrogen and oxygen atoms in total. The summed E-state index contributed by atoms with van der Waals surface area (Å²) in [5.74, 6) is 0.247. The van der Waals surface area contributed by atoms with Crippen LogP contribution in [0, 0.1) is 0 Å². The molecular weight excluding hydrogens is 274 g/mol. The molecule has 1 aromatic carbocycles. The Balaban J connectivity index is 1.69. The molecule has 1 aliphatic rings. The SMILES string of the molecule is Nc1n[nH]cc1C(=O)NCc1ccc2c(c1)NC(=O)CO2. The van der Waals surface area contributed by atoms with Crippen molar-refractivity contribution in [3.8, 4) is 5.75 Å². The first kappa shape index (κ1) is 13.0. The third-order valence-electron chi connectivity index (χ3n) is 3.04. The number of hydrogen-bond donors (Lipinski definition) is 4. The number of rotatable bonds is 3. The third kappa shape index (κ3) is 2.64. The molecule has 0 bridgehead atoms. The number of nitrogens with zero attached hydrogens (tertiary/aromatic N) is 1. The third-order valence-corrected chi connectivity index (χ3v) is 3.04. The molecule has 0 aliphatic carbocycles. The van der Waals surface area contributed by atoms with Gasteiger partial charge in [-0.05, 0) is 17.7 Å². The molecule has 2 amide bonds. The van der Waals surface area contributed by atoms with E-state index in [4.69, 9.17) is 10.5 Å². The molecule has 3 rings (SSSR count). The molecule has 0 atom stereocenters. The van der Waals surface area contributed by atoms with Crippen LogP contribution in [0.15, 0.2) is 24.4 Å². The number of nitrogens with two attached hydrogens (primary N) is 1. The first-order valence-corrected chi connectivity index (χ1v) is 6.26. The summed E-state index contributed by atoms with van der Waals surface area (Å²) < 4.78 is 5.26. The first-order chi connectivity index (χ1) is 10.1. The van der Waals surface area contributed by atoms with Gasteiger partial charge in [-0.15, -0.1) is 0 Å². The van der Waals surface area contributed by atoms with Gasteiger partial charge in [0, 0.05) is 12.7 Å². The van der Waals surface area contributed by atoms with E-state index < -0.39 is 0 Å². The molecule has 0 saturated carbocycles. The Labute approximate surface area is 119 Å². The second-order valence-electron chi connectivity index (χ2n) is 4.53. The summed E-state index contributed by atoms with van der Waals surface area (Å²) in [5.41, 5.74) is 7.27. The molecule has 0 saturated heterocycles. The lowest BCUT2D eigenvalue weighted by molar-refractivity contribution is -0.118. The average molecular weight is 287 g/mol. The quantitative estimate of drug-likeness (QED) is 0.644. The largest absolute Gasteiger partial charge is 0.482 e. The molecule has 8 heteroatoms. The van der Waals surface area contributed by atoms with Crippen LogP contribution in [0.5, 0.6) is 5.75 Å². The predicted octanol–water partition coefficient (Wildman–Crippen LogP) is 0.253. The summed E-state index contributed by atoms with van der Waals surface area (Å²) in [5, 5.41) is 11.7. The van der Waals surface area contributed by atoms with Gasteiger partial charge >= 0.3 is 0 Å². The van der Waals surface area contributed by atoms with Crippen molar-refractivity contribution in [2.24, 2.45) is 0 Å². The van der Waals surface area contributed by atoms with Crippen molar-refractivity contribution in [1.82, 2.24) is 15.5 Å². The highest BCUT2D eigenvalue weighted by molar-refractivity contribution is 5.98. The number of nitrogen functional groups attached to an aromatic ring is 1. The fraction of sp³-hybridized carbons (Fsp3) is 0.154. The molecule has 0 fully saturated rings. The first-order valence-electron chi connectivity index (χ1n) is 6.26. The minimum Gasteiger partial charge on any atom is -0.482 e. The molecule has 0 unspecified atom stereocenters. The summed E-state index contributed by atoms with van der Waals surface area (Å²) in [7, 11) is 0. The number of benzene rings is 1. The number of nitrogens with one attached hydrogen (secondary N) is 3. The van der Waals surface area contributed by atoms with Crippen molar-refractivity contribution in [2.75, 3.05) is 17.7 Å². The molecular formula is C13H13N5O3. The second-order valence-corrected chi connectivity index (χ2v) is 4.53. The maximum absolute atomic E-state index is 11.9. The normalized spacial score (nSPS) is 13.0. The Morgan fingerprint density at radius 1 is 1.48 bits per heavy atom. The van der Waals surface area contributed by atoms with Crippen LogP contribution >= 0.6 is 0 Å². The van der Waals surface area contributed by atoms with Gasteiger partial charge in [0.2, 0.25) is 0 Å². The Bertz CT molecular complexity index is 710. The summed E-state index contributed by atoms with van der Waals surface area (Å²) in [6, 6.07) is 5.32. The lowest BCUT2D eigenvalue weighted by Gasteiger charge is -2.18. The lowest BCUT2D eigenvalue weighted by atomic mass is 10.1. The van der Waals surface area contributed by atoms with Gasteiger partial charge in [0.15, 0.2) is 12.4 Å². The zero-order chi connectivity index (χ0) is 14.8. The van der Waals surface area contributed by atoms with E-state index in [0.717, 1.165) is 5.56 Å². The monoisotopic (exact) mass is 287 g/mol. The van der Waals surface area contributed by atoms with Crippen LogP contribution < -0.4 is 21.1 Å². The molecule has 108 valence electrons. The lowest BCUT2D eigenvalue weighted by Crippen LogP contribution is -2.26. The van der Waals surface area contributed by atoms with Gasteiger partial charge in [0.1, 0.15) is 11.3 Å². The van der Waals surface area contributed by atoms with E-state index in [1.165, 1.54) is 6.20 Å². The van der Waals surface area contributed by atoms with Gasteiger partial charge < -0.3 is 21.1 Å². The number of aromatic amines is 1. The van der Waals surface area contributed by atoms with Gasteiger partial charge in [0.25, 0.3) is 11.8 Å². The Kier molecular flexibility index (Phi) is 3.19. The number of carbonyl (C=O) groups excluding carboxylic acids is 2.